The molecule has 2 aromatic rings. The highest BCUT2D eigenvalue weighted by Crippen LogP contribution is 2.21. The maximum absolute atomic E-state index is 13.7. The SMILES string of the molecule is CC(C)(C)OC(=O)NCC(=O)Nc1ccccc1NC(=O)Cc1ccccc1F. The molecule has 0 saturated carbocycles. The summed E-state index contributed by atoms with van der Waals surface area (Å²) in [5.74, 6) is -1.38. The maximum Gasteiger partial charge on any atom is 0.408 e. The first kappa shape index (κ1) is 21.9. The van der Waals surface area contributed by atoms with Gasteiger partial charge >= 0.3 is 6.09 Å². The molecule has 0 radical (unpaired) electrons. The number of amides is 3. The number of alkyl carbamates (subject to hydrolysis) is 1. The van der Waals surface area contributed by atoms with Gasteiger partial charge in [-0.05, 0) is 44.5 Å². The van der Waals surface area contributed by atoms with Gasteiger partial charge in [0.1, 0.15) is 18.0 Å². The van der Waals surface area contributed by atoms with Crippen molar-refractivity contribution in [3.05, 3.63) is 59.9 Å². The lowest BCUT2D eigenvalue weighted by atomic mass is 10.1. The van der Waals surface area contributed by atoms with Gasteiger partial charge < -0.3 is 20.7 Å². The van der Waals surface area contributed by atoms with E-state index in [-0.39, 0.29) is 18.5 Å². The molecule has 0 spiro atoms. The fraction of sp³-hybridized carbons (Fsp3) is 0.286. The van der Waals surface area contributed by atoms with E-state index >= 15 is 0 Å². The van der Waals surface area contributed by atoms with Gasteiger partial charge in [-0.15, -0.1) is 0 Å². The van der Waals surface area contributed by atoms with Gasteiger partial charge in [0.25, 0.3) is 0 Å². The van der Waals surface area contributed by atoms with Crippen molar-refractivity contribution < 1.29 is 23.5 Å². The van der Waals surface area contributed by atoms with Crippen molar-refractivity contribution >= 4 is 29.3 Å². The van der Waals surface area contributed by atoms with Crippen molar-refractivity contribution in [1.82, 2.24) is 5.32 Å². The van der Waals surface area contributed by atoms with Crippen LogP contribution in [0.15, 0.2) is 48.5 Å². The molecular formula is C21H24FN3O4. The molecule has 3 N–H and O–H groups in total. The summed E-state index contributed by atoms with van der Waals surface area (Å²) in [6, 6.07) is 12.6. The van der Waals surface area contributed by atoms with Gasteiger partial charge in [0.15, 0.2) is 0 Å². The first-order valence-electron chi connectivity index (χ1n) is 9.03. The minimum Gasteiger partial charge on any atom is -0.444 e. The molecule has 29 heavy (non-hydrogen) atoms. The number of rotatable bonds is 6. The Balaban J connectivity index is 1.94. The highest BCUT2D eigenvalue weighted by Gasteiger charge is 2.17. The quantitative estimate of drug-likeness (QED) is 0.691. The number of ether oxygens (including phenoxy) is 1. The van der Waals surface area contributed by atoms with E-state index < -0.39 is 29.3 Å². The van der Waals surface area contributed by atoms with Gasteiger partial charge in [0, 0.05) is 0 Å². The Hall–Kier alpha value is -3.42. The van der Waals surface area contributed by atoms with Crippen molar-refractivity contribution in [3.8, 4) is 0 Å². The summed E-state index contributed by atoms with van der Waals surface area (Å²) in [5, 5.41) is 7.62. The zero-order valence-electron chi connectivity index (χ0n) is 16.5. The van der Waals surface area contributed by atoms with Crippen molar-refractivity contribution in [1.29, 1.82) is 0 Å². The minimum absolute atomic E-state index is 0.144. The monoisotopic (exact) mass is 401 g/mol. The number of benzene rings is 2. The van der Waals surface area contributed by atoms with Crippen LogP contribution in [0.1, 0.15) is 26.3 Å². The molecule has 0 bridgehead atoms. The molecule has 0 fully saturated rings. The first-order chi connectivity index (χ1) is 13.6. The summed E-state index contributed by atoms with van der Waals surface area (Å²) in [6.07, 6.45) is -0.853. The number of hydrogen-bond acceptors (Lipinski definition) is 4. The normalized spacial score (nSPS) is 10.8. The summed E-state index contributed by atoms with van der Waals surface area (Å²) in [4.78, 5) is 36.0. The third kappa shape index (κ3) is 7.61. The zero-order chi connectivity index (χ0) is 21.4. The van der Waals surface area contributed by atoms with Crippen LogP contribution in [0.3, 0.4) is 0 Å². The van der Waals surface area contributed by atoms with E-state index in [9.17, 15) is 18.8 Å². The van der Waals surface area contributed by atoms with E-state index in [4.69, 9.17) is 4.74 Å². The topological polar surface area (TPSA) is 96.5 Å². The molecule has 0 aromatic heterocycles. The number of hydrogen-bond donors (Lipinski definition) is 3. The molecule has 0 unspecified atom stereocenters. The van der Waals surface area contributed by atoms with Gasteiger partial charge in [0.05, 0.1) is 17.8 Å². The Morgan fingerprint density at radius 3 is 2.03 bits per heavy atom. The van der Waals surface area contributed by atoms with E-state index in [1.807, 2.05) is 0 Å². The second-order valence-corrected chi connectivity index (χ2v) is 7.27. The van der Waals surface area contributed by atoms with Gasteiger partial charge in [-0.25, -0.2) is 9.18 Å². The Morgan fingerprint density at radius 1 is 0.897 bits per heavy atom. The lowest BCUT2D eigenvalue weighted by Gasteiger charge is -2.19. The van der Waals surface area contributed by atoms with Crippen LogP contribution in [0.2, 0.25) is 0 Å². The highest BCUT2D eigenvalue weighted by atomic mass is 19.1. The Kier molecular flexibility index (Phi) is 7.30. The molecule has 3 amide bonds. The van der Waals surface area contributed by atoms with Crippen LogP contribution < -0.4 is 16.0 Å². The molecule has 7 nitrogen and oxygen atoms in total. The van der Waals surface area contributed by atoms with E-state index in [0.29, 0.717) is 11.4 Å². The predicted octanol–water partition coefficient (Wildman–Crippen LogP) is 3.47. The van der Waals surface area contributed by atoms with E-state index in [1.165, 1.54) is 12.1 Å². The molecule has 0 heterocycles. The molecule has 154 valence electrons. The molecule has 0 aliphatic rings. The van der Waals surface area contributed by atoms with Gasteiger partial charge in [-0.3, -0.25) is 9.59 Å². The molecule has 2 rings (SSSR count). The smallest absolute Gasteiger partial charge is 0.408 e. The molecule has 0 saturated heterocycles. The lowest BCUT2D eigenvalue weighted by molar-refractivity contribution is -0.116. The maximum atomic E-state index is 13.7. The number of carbonyl (C=O) groups is 3. The van der Waals surface area contributed by atoms with Crippen LogP contribution in [0.25, 0.3) is 0 Å². The van der Waals surface area contributed by atoms with Crippen LogP contribution in [-0.2, 0) is 20.7 Å². The zero-order valence-corrected chi connectivity index (χ0v) is 16.5. The second kappa shape index (κ2) is 9.68. The number of para-hydroxylation sites is 2. The second-order valence-electron chi connectivity index (χ2n) is 7.27. The molecule has 0 atom stereocenters. The van der Waals surface area contributed by atoms with Crippen LogP contribution in [0.5, 0.6) is 0 Å². The predicted molar refractivity (Wildman–Crippen MR) is 108 cm³/mol. The lowest BCUT2D eigenvalue weighted by Crippen LogP contribution is -2.37. The third-order valence-corrected chi connectivity index (χ3v) is 3.58. The summed E-state index contributed by atoms with van der Waals surface area (Å²) in [6.45, 7) is 4.85. The van der Waals surface area contributed by atoms with E-state index in [0.717, 1.165) is 0 Å². The van der Waals surface area contributed by atoms with Crippen molar-refractivity contribution in [2.24, 2.45) is 0 Å². The molecular weight excluding hydrogens is 377 g/mol. The average Bonchev–Trinajstić information content (AvgIpc) is 2.62. The molecule has 0 aliphatic heterocycles. The Morgan fingerprint density at radius 2 is 1.45 bits per heavy atom. The van der Waals surface area contributed by atoms with E-state index in [1.54, 1.807) is 57.2 Å². The molecule has 0 aliphatic carbocycles. The Bertz CT molecular complexity index is 893. The summed E-state index contributed by atoms with van der Waals surface area (Å²) < 4.78 is 18.8. The van der Waals surface area contributed by atoms with E-state index in [2.05, 4.69) is 16.0 Å². The van der Waals surface area contributed by atoms with Crippen LogP contribution in [0, 0.1) is 5.82 Å². The fourth-order valence-corrected chi connectivity index (χ4v) is 2.37. The molecule has 2 aromatic carbocycles. The van der Waals surface area contributed by atoms with Crippen LogP contribution in [-0.4, -0.2) is 30.1 Å². The fourth-order valence-electron chi connectivity index (χ4n) is 2.37. The third-order valence-electron chi connectivity index (χ3n) is 3.58. The summed E-state index contributed by atoms with van der Waals surface area (Å²) in [7, 11) is 0. The largest absolute Gasteiger partial charge is 0.444 e. The standard InChI is InChI=1S/C21H24FN3O4/c1-21(2,3)29-20(28)23-13-19(27)25-17-11-7-6-10-16(17)24-18(26)12-14-8-4-5-9-15(14)22/h4-11H,12-13H2,1-3H3,(H,23,28)(H,24,26)(H,25,27). The van der Waals surface area contributed by atoms with Crippen LogP contribution >= 0.6 is 0 Å². The van der Waals surface area contributed by atoms with Gasteiger partial charge in [-0.2, -0.15) is 0 Å². The van der Waals surface area contributed by atoms with Crippen molar-refractivity contribution in [2.75, 3.05) is 17.2 Å². The van der Waals surface area contributed by atoms with Gasteiger partial charge in [-0.1, -0.05) is 30.3 Å². The number of halogens is 1. The molecule has 8 heteroatoms. The number of carbonyl (C=O) groups excluding carboxylic acids is 3. The minimum atomic E-state index is -0.709. The first-order valence-corrected chi connectivity index (χ1v) is 9.03. The number of nitrogens with one attached hydrogen (secondary N) is 3. The summed E-state index contributed by atoms with van der Waals surface area (Å²) in [5.41, 5.74) is 0.313. The average molecular weight is 401 g/mol. The number of anilines is 2. The van der Waals surface area contributed by atoms with Crippen LogP contribution in [0.4, 0.5) is 20.6 Å². The van der Waals surface area contributed by atoms with Crippen molar-refractivity contribution in [3.63, 3.8) is 0 Å². The van der Waals surface area contributed by atoms with Crippen molar-refractivity contribution in [2.45, 2.75) is 32.8 Å². The highest BCUT2D eigenvalue weighted by molar-refractivity contribution is 6.01. The Labute approximate surface area is 168 Å². The van der Waals surface area contributed by atoms with Gasteiger partial charge in [0.2, 0.25) is 11.8 Å². The summed E-state index contributed by atoms with van der Waals surface area (Å²) >= 11 is 0.